The van der Waals surface area contributed by atoms with Crippen molar-refractivity contribution in [3.05, 3.63) is 29.8 Å². The van der Waals surface area contributed by atoms with Crippen LogP contribution in [0.15, 0.2) is 24.3 Å². The van der Waals surface area contributed by atoms with E-state index >= 15 is 0 Å². The van der Waals surface area contributed by atoms with Gasteiger partial charge in [0.15, 0.2) is 0 Å². The molecule has 0 aromatic heterocycles. The third-order valence-electron chi connectivity index (χ3n) is 3.40. The van der Waals surface area contributed by atoms with Gasteiger partial charge in [0.2, 0.25) is 5.91 Å². The fourth-order valence-electron chi connectivity index (χ4n) is 2.31. The summed E-state index contributed by atoms with van der Waals surface area (Å²) in [5.74, 6) is -0.234. The first-order valence-electron chi connectivity index (χ1n) is 7.20. The molecule has 1 aliphatic rings. The Morgan fingerprint density at radius 2 is 2.14 bits per heavy atom. The number of amides is 1. The van der Waals surface area contributed by atoms with Crippen molar-refractivity contribution in [2.24, 2.45) is 0 Å². The summed E-state index contributed by atoms with van der Waals surface area (Å²) in [7, 11) is 0. The molecule has 4 nitrogen and oxygen atoms in total. The monoisotopic (exact) mass is 316 g/mol. The van der Waals surface area contributed by atoms with Crippen LogP contribution in [0.25, 0.3) is 0 Å². The predicted octanol–water partition coefficient (Wildman–Crippen LogP) is 2.50. The van der Waals surface area contributed by atoms with Crippen LogP contribution in [0, 0.1) is 0 Å². The summed E-state index contributed by atoms with van der Waals surface area (Å²) in [5, 5.41) is 5.85. The molecule has 2 N–H and O–H groups in total. The predicted molar refractivity (Wildman–Crippen MR) is 76.7 cm³/mol. The van der Waals surface area contributed by atoms with E-state index in [0.717, 1.165) is 0 Å². The molecule has 1 aliphatic heterocycles. The minimum absolute atomic E-state index is 0.0592. The highest BCUT2D eigenvalue weighted by molar-refractivity contribution is 5.91. The molecule has 0 spiro atoms. The molecule has 1 aromatic carbocycles. The average Bonchev–Trinajstić information content (AvgIpc) is 2.46. The molecular weight excluding hydrogens is 297 g/mol. The van der Waals surface area contributed by atoms with Crippen molar-refractivity contribution in [3.8, 4) is 0 Å². The van der Waals surface area contributed by atoms with Crippen LogP contribution in [0.4, 0.5) is 18.9 Å². The van der Waals surface area contributed by atoms with E-state index in [9.17, 15) is 18.0 Å². The summed E-state index contributed by atoms with van der Waals surface area (Å²) >= 11 is 0. The molecule has 0 aliphatic carbocycles. The normalized spacial score (nSPS) is 19.0. The maximum atomic E-state index is 12.3. The van der Waals surface area contributed by atoms with Crippen molar-refractivity contribution in [1.82, 2.24) is 5.32 Å². The van der Waals surface area contributed by atoms with Crippen LogP contribution in [-0.2, 0) is 16.0 Å². The van der Waals surface area contributed by atoms with Gasteiger partial charge >= 0.3 is 6.18 Å². The lowest BCUT2D eigenvalue weighted by atomic mass is 10.1. The SMILES string of the molecule is O=C(CC1COCCN1)Nc1ccccc1CCC(F)(F)F. The van der Waals surface area contributed by atoms with Gasteiger partial charge in [-0.15, -0.1) is 0 Å². The number of aryl methyl sites for hydroxylation is 1. The zero-order valence-electron chi connectivity index (χ0n) is 12.1. The molecule has 1 unspecified atom stereocenters. The van der Waals surface area contributed by atoms with E-state index in [-0.39, 0.29) is 24.8 Å². The minimum Gasteiger partial charge on any atom is -0.378 e. The average molecular weight is 316 g/mol. The van der Waals surface area contributed by atoms with Crippen LogP contribution in [-0.4, -0.2) is 37.9 Å². The third kappa shape index (κ3) is 5.65. The highest BCUT2D eigenvalue weighted by Gasteiger charge is 2.27. The minimum atomic E-state index is -4.21. The molecule has 1 heterocycles. The van der Waals surface area contributed by atoms with Gasteiger partial charge in [0.05, 0.1) is 13.2 Å². The standard InChI is InChI=1S/C15H19F3N2O2/c16-15(17,18)6-5-11-3-1-2-4-13(11)20-14(21)9-12-10-22-8-7-19-12/h1-4,12,19H,5-10H2,(H,20,21). The summed E-state index contributed by atoms with van der Waals surface area (Å²) in [4.78, 5) is 12.0. The number of nitrogens with one attached hydrogen (secondary N) is 2. The van der Waals surface area contributed by atoms with E-state index < -0.39 is 12.6 Å². The zero-order chi connectivity index (χ0) is 16.0. The first-order valence-corrected chi connectivity index (χ1v) is 7.20. The number of halogens is 3. The Labute approximate surface area is 127 Å². The van der Waals surface area contributed by atoms with Crippen LogP contribution in [0.2, 0.25) is 0 Å². The largest absolute Gasteiger partial charge is 0.389 e. The highest BCUT2D eigenvalue weighted by Crippen LogP contribution is 2.25. The van der Waals surface area contributed by atoms with Crippen LogP contribution in [0.1, 0.15) is 18.4 Å². The van der Waals surface area contributed by atoms with Gasteiger partial charge in [-0.3, -0.25) is 4.79 Å². The number of carbonyl (C=O) groups excluding carboxylic acids is 1. The topological polar surface area (TPSA) is 50.4 Å². The van der Waals surface area contributed by atoms with Gasteiger partial charge in [-0.2, -0.15) is 13.2 Å². The number of anilines is 1. The Balaban J connectivity index is 1.92. The van der Waals surface area contributed by atoms with E-state index in [1.165, 1.54) is 0 Å². The van der Waals surface area contributed by atoms with E-state index in [1.54, 1.807) is 24.3 Å². The number of ether oxygens (including phenoxy) is 1. The molecule has 0 radical (unpaired) electrons. The summed E-state index contributed by atoms with van der Waals surface area (Å²) in [6, 6.07) is 6.51. The van der Waals surface area contributed by atoms with E-state index in [0.29, 0.717) is 31.0 Å². The van der Waals surface area contributed by atoms with Crippen LogP contribution in [0.5, 0.6) is 0 Å². The van der Waals surface area contributed by atoms with Crippen molar-refractivity contribution in [2.45, 2.75) is 31.5 Å². The van der Waals surface area contributed by atoms with E-state index in [2.05, 4.69) is 10.6 Å². The summed E-state index contributed by atoms with van der Waals surface area (Å²) in [5.41, 5.74) is 0.925. The van der Waals surface area contributed by atoms with E-state index in [4.69, 9.17) is 4.74 Å². The maximum Gasteiger partial charge on any atom is 0.389 e. The number of morpholine rings is 1. The Morgan fingerprint density at radius 1 is 1.36 bits per heavy atom. The molecule has 122 valence electrons. The fourth-order valence-corrected chi connectivity index (χ4v) is 2.31. The quantitative estimate of drug-likeness (QED) is 0.877. The molecule has 2 rings (SSSR count). The van der Waals surface area contributed by atoms with Crippen LogP contribution >= 0.6 is 0 Å². The van der Waals surface area contributed by atoms with Gasteiger partial charge in [-0.25, -0.2) is 0 Å². The second kappa shape index (κ2) is 7.60. The van der Waals surface area contributed by atoms with Crippen molar-refractivity contribution < 1.29 is 22.7 Å². The first kappa shape index (κ1) is 16.8. The Bertz CT molecular complexity index is 500. The van der Waals surface area contributed by atoms with Crippen molar-refractivity contribution in [1.29, 1.82) is 0 Å². The highest BCUT2D eigenvalue weighted by atomic mass is 19.4. The van der Waals surface area contributed by atoms with Crippen molar-refractivity contribution in [2.75, 3.05) is 25.1 Å². The van der Waals surface area contributed by atoms with Crippen molar-refractivity contribution >= 4 is 11.6 Å². The lowest BCUT2D eigenvalue weighted by molar-refractivity contribution is -0.133. The second-order valence-corrected chi connectivity index (χ2v) is 5.25. The molecular formula is C15H19F3N2O2. The Morgan fingerprint density at radius 3 is 2.82 bits per heavy atom. The van der Waals surface area contributed by atoms with Gasteiger partial charge in [0.1, 0.15) is 0 Å². The molecule has 0 bridgehead atoms. The lowest BCUT2D eigenvalue weighted by Gasteiger charge is -2.23. The van der Waals surface area contributed by atoms with Gasteiger partial charge in [-0.05, 0) is 18.1 Å². The molecule has 1 atom stereocenters. The zero-order valence-corrected chi connectivity index (χ0v) is 12.1. The molecule has 0 saturated carbocycles. The molecule has 7 heteroatoms. The van der Waals surface area contributed by atoms with Crippen LogP contribution in [0.3, 0.4) is 0 Å². The number of carbonyl (C=O) groups is 1. The molecule has 1 saturated heterocycles. The molecule has 1 amide bonds. The van der Waals surface area contributed by atoms with Gasteiger partial charge in [0, 0.05) is 31.1 Å². The van der Waals surface area contributed by atoms with Crippen LogP contribution < -0.4 is 10.6 Å². The fraction of sp³-hybridized carbons (Fsp3) is 0.533. The number of alkyl halides is 3. The second-order valence-electron chi connectivity index (χ2n) is 5.25. The Kier molecular flexibility index (Phi) is 5.79. The molecule has 1 fully saturated rings. The first-order chi connectivity index (χ1) is 10.4. The number of hydrogen-bond acceptors (Lipinski definition) is 3. The Hall–Kier alpha value is -1.60. The molecule has 22 heavy (non-hydrogen) atoms. The number of rotatable bonds is 5. The number of para-hydroxylation sites is 1. The van der Waals surface area contributed by atoms with Gasteiger partial charge < -0.3 is 15.4 Å². The van der Waals surface area contributed by atoms with Crippen molar-refractivity contribution in [3.63, 3.8) is 0 Å². The third-order valence-corrected chi connectivity index (χ3v) is 3.40. The summed E-state index contributed by atoms with van der Waals surface area (Å²) in [6.45, 7) is 1.78. The van der Waals surface area contributed by atoms with Gasteiger partial charge in [-0.1, -0.05) is 18.2 Å². The van der Waals surface area contributed by atoms with E-state index in [1.807, 2.05) is 0 Å². The number of benzene rings is 1. The summed E-state index contributed by atoms with van der Waals surface area (Å²) in [6.07, 6.45) is -5.03. The maximum absolute atomic E-state index is 12.3. The number of hydrogen-bond donors (Lipinski definition) is 2. The van der Waals surface area contributed by atoms with Gasteiger partial charge in [0.25, 0.3) is 0 Å². The lowest BCUT2D eigenvalue weighted by Crippen LogP contribution is -2.43. The molecule has 1 aromatic rings. The summed E-state index contributed by atoms with van der Waals surface area (Å²) < 4.78 is 42.3. The smallest absolute Gasteiger partial charge is 0.378 e.